The van der Waals surface area contributed by atoms with E-state index in [-0.39, 0.29) is 46.9 Å². The van der Waals surface area contributed by atoms with Crippen molar-refractivity contribution in [2.24, 2.45) is 5.73 Å². The van der Waals surface area contributed by atoms with Crippen LogP contribution in [0, 0.1) is 0 Å². The molecular weight excluding hydrogens is 465 g/mol. The molecule has 2 aromatic carbocycles. The fourth-order valence-corrected chi connectivity index (χ4v) is 5.26. The smallest absolute Gasteiger partial charge is 0.416 e. The number of nitrogens with two attached hydrogens (primary N) is 1. The first kappa shape index (κ1) is 24.6. The lowest BCUT2D eigenvalue weighted by atomic mass is 10.1. The van der Waals surface area contributed by atoms with Crippen LogP contribution in [-0.2, 0) is 16.2 Å². The lowest BCUT2D eigenvalue weighted by Crippen LogP contribution is -2.42. The van der Waals surface area contributed by atoms with Crippen LogP contribution in [-0.4, -0.2) is 52.0 Å². The lowest BCUT2D eigenvalue weighted by Gasteiger charge is -2.32. The molecule has 12 heteroatoms. The summed E-state index contributed by atoms with van der Waals surface area (Å²) in [6.07, 6.45) is -4.21. The van der Waals surface area contributed by atoms with Crippen molar-refractivity contribution in [1.82, 2.24) is 4.31 Å². The van der Waals surface area contributed by atoms with Gasteiger partial charge < -0.3 is 19.9 Å². The van der Waals surface area contributed by atoms with Gasteiger partial charge in [0.05, 0.1) is 24.7 Å². The number of sulfonamides is 1. The summed E-state index contributed by atoms with van der Waals surface area (Å²) < 4.78 is 81.8. The van der Waals surface area contributed by atoms with E-state index in [1.807, 2.05) is 0 Å². The fraction of sp³-hybridized carbons (Fsp3) is 0.381. The Kier molecular flexibility index (Phi) is 7.08. The van der Waals surface area contributed by atoms with Crippen molar-refractivity contribution in [3.63, 3.8) is 0 Å². The van der Waals surface area contributed by atoms with Gasteiger partial charge in [0.25, 0.3) is 5.91 Å². The summed E-state index contributed by atoms with van der Waals surface area (Å²) in [6.45, 7) is 0.167. The van der Waals surface area contributed by atoms with Gasteiger partial charge in [0.1, 0.15) is 17.4 Å². The van der Waals surface area contributed by atoms with Crippen molar-refractivity contribution in [2.45, 2.75) is 30.0 Å². The summed E-state index contributed by atoms with van der Waals surface area (Å²) in [4.78, 5) is 11.8. The zero-order chi connectivity index (χ0) is 24.4. The molecular formula is C21H23F3N2O6S. The third-order valence-corrected chi connectivity index (χ3v) is 7.20. The number of alkyl halides is 3. The molecule has 1 heterocycles. The molecule has 1 saturated heterocycles. The molecule has 1 amide bonds. The Labute approximate surface area is 189 Å². The van der Waals surface area contributed by atoms with Crippen molar-refractivity contribution in [3.05, 3.63) is 47.5 Å². The van der Waals surface area contributed by atoms with E-state index in [0.717, 1.165) is 12.1 Å². The minimum atomic E-state index is -4.44. The lowest BCUT2D eigenvalue weighted by molar-refractivity contribution is -0.137. The average molecular weight is 488 g/mol. The molecule has 1 aliphatic rings. The van der Waals surface area contributed by atoms with Crippen molar-refractivity contribution < 1.29 is 40.6 Å². The third kappa shape index (κ3) is 5.17. The number of benzene rings is 2. The molecule has 0 unspecified atom stereocenters. The zero-order valence-corrected chi connectivity index (χ0v) is 18.7. The number of hydrogen-bond donors (Lipinski definition) is 1. The first-order valence-electron chi connectivity index (χ1n) is 9.88. The van der Waals surface area contributed by atoms with Crippen LogP contribution in [0.1, 0.15) is 28.8 Å². The summed E-state index contributed by atoms with van der Waals surface area (Å²) >= 11 is 0. The first-order chi connectivity index (χ1) is 15.5. The SMILES string of the molecule is COc1ccc(S(=O)(=O)N2CCC(Oc3ccc(C(F)(F)F)cc3)CC2)c(C(N)=O)c1OC. The van der Waals surface area contributed by atoms with Gasteiger partial charge in [0.15, 0.2) is 11.5 Å². The van der Waals surface area contributed by atoms with E-state index in [1.165, 1.54) is 42.8 Å². The van der Waals surface area contributed by atoms with Crippen molar-refractivity contribution >= 4 is 15.9 Å². The minimum absolute atomic E-state index is 0.0772. The molecule has 0 bridgehead atoms. The van der Waals surface area contributed by atoms with Crippen molar-refractivity contribution in [1.29, 1.82) is 0 Å². The standard InChI is InChI=1S/C21H23F3N2O6S/c1-30-16-7-8-17(18(20(25)27)19(16)31-2)33(28,29)26-11-9-15(10-12-26)32-14-5-3-13(4-6-14)21(22,23)24/h3-8,15H,9-12H2,1-2H3,(H2,25,27). The summed E-state index contributed by atoms with van der Waals surface area (Å²) in [5, 5.41) is 0. The number of hydrogen-bond acceptors (Lipinski definition) is 6. The number of halogens is 3. The number of piperidine rings is 1. The van der Waals surface area contributed by atoms with Gasteiger partial charge in [-0.2, -0.15) is 17.5 Å². The Hall–Kier alpha value is -2.99. The monoisotopic (exact) mass is 488 g/mol. The van der Waals surface area contributed by atoms with E-state index in [9.17, 15) is 26.4 Å². The van der Waals surface area contributed by atoms with E-state index < -0.39 is 27.7 Å². The second-order valence-corrected chi connectivity index (χ2v) is 9.19. The third-order valence-electron chi connectivity index (χ3n) is 5.26. The summed E-state index contributed by atoms with van der Waals surface area (Å²) in [7, 11) is -1.48. The van der Waals surface area contributed by atoms with Crippen LogP contribution in [0.5, 0.6) is 17.2 Å². The van der Waals surface area contributed by atoms with E-state index in [0.29, 0.717) is 12.8 Å². The van der Waals surface area contributed by atoms with Gasteiger partial charge in [-0.25, -0.2) is 8.42 Å². The summed E-state index contributed by atoms with van der Waals surface area (Å²) in [5.41, 5.74) is 4.35. The molecule has 0 aromatic heterocycles. The van der Waals surface area contributed by atoms with Crippen LogP contribution in [0.2, 0.25) is 0 Å². The normalized spacial score (nSPS) is 15.8. The number of primary amides is 1. The number of ether oxygens (including phenoxy) is 3. The van der Waals surface area contributed by atoms with E-state index in [2.05, 4.69) is 0 Å². The molecule has 0 atom stereocenters. The molecule has 0 aliphatic carbocycles. The molecule has 3 rings (SSSR count). The van der Waals surface area contributed by atoms with Crippen molar-refractivity contribution in [2.75, 3.05) is 27.3 Å². The molecule has 2 aromatic rings. The van der Waals surface area contributed by atoms with Gasteiger partial charge in [-0.3, -0.25) is 4.79 Å². The van der Waals surface area contributed by atoms with Crippen LogP contribution in [0.4, 0.5) is 13.2 Å². The number of carbonyl (C=O) groups is 1. The van der Waals surface area contributed by atoms with Crippen LogP contribution in [0.3, 0.4) is 0 Å². The predicted molar refractivity (Wildman–Crippen MR) is 112 cm³/mol. The average Bonchev–Trinajstić information content (AvgIpc) is 2.78. The Morgan fingerprint density at radius 3 is 2.12 bits per heavy atom. The van der Waals surface area contributed by atoms with Crippen LogP contribution in [0.15, 0.2) is 41.3 Å². The minimum Gasteiger partial charge on any atom is -0.493 e. The predicted octanol–water partition coefficient (Wildman–Crippen LogP) is 3.05. The van der Waals surface area contributed by atoms with Gasteiger partial charge in [-0.15, -0.1) is 0 Å². The van der Waals surface area contributed by atoms with Gasteiger partial charge in [-0.1, -0.05) is 0 Å². The molecule has 8 nitrogen and oxygen atoms in total. The molecule has 0 radical (unpaired) electrons. The zero-order valence-electron chi connectivity index (χ0n) is 17.9. The highest BCUT2D eigenvalue weighted by molar-refractivity contribution is 7.89. The Morgan fingerprint density at radius 1 is 1.03 bits per heavy atom. The van der Waals surface area contributed by atoms with E-state index >= 15 is 0 Å². The highest BCUT2D eigenvalue weighted by atomic mass is 32.2. The maximum atomic E-state index is 13.3. The molecule has 0 spiro atoms. The van der Waals surface area contributed by atoms with Gasteiger partial charge in [-0.05, 0) is 49.2 Å². The maximum Gasteiger partial charge on any atom is 0.416 e. The number of rotatable bonds is 7. The second kappa shape index (κ2) is 9.48. The van der Waals surface area contributed by atoms with Gasteiger partial charge in [0, 0.05) is 13.1 Å². The fourth-order valence-electron chi connectivity index (χ4n) is 3.60. The largest absolute Gasteiger partial charge is 0.493 e. The quantitative estimate of drug-likeness (QED) is 0.642. The van der Waals surface area contributed by atoms with Crippen LogP contribution < -0.4 is 19.9 Å². The van der Waals surface area contributed by atoms with E-state index in [4.69, 9.17) is 19.9 Å². The van der Waals surface area contributed by atoms with Crippen LogP contribution >= 0.6 is 0 Å². The maximum absolute atomic E-state index is 13.3. The number of methoxy groups -OCH3 is 2. The molecule has 33 heavy (non-hydrogen) atoms. The topological polar surface area (TPSA) is 108 Å². The highest BCUT2D eigenvalue weighted by Crippen LogP contribution is 2.37. The molecule has 180 valence electrons. The summed E-state index contributed by atoms with van der Waals surface area (Å²) in [6, 6.07) is 6.93. The van der Waals surface area contributed by atoms with Crippen molar-refractivity contribution in [3.8, 4) is 17.2 Å². The first-order valence-corrected chi connectivity index (χ1v) is 11.3. The van der Waals surface area contributed by atoms with E-state index in [1.54, 1.807) is 0 Å². The number of carbonyl (C=O) groups excluding carboxylic acids is 1. The molecule has 2 N–H and O–H groups in total. The number of amides is 1. The van der Waals surface area contributed by atoms with Gasteiger partial charge in [0.2, 0.25) is 10.0 Å². The van der Waals surface area contributed by atoms with Crippen LogP contribution in [0.25, 0.3) is 0 Å². The Bertz CT molecular complexity index is 1110. The number of nitrogens with zero attached hydrogens (tertiary/aromatic N) is 1. The van der Waals surface area contributed by atoms with Gasteiger partial charge >= 0.3 is 6.18 Å². The molecule has 1 fully saturated rings. The Morgan fingerprint density at radius 2 is 1.64 bits per heavy atom. The second-order valence-electron chi connectivity index (χ2n) is 7.28. The summed E-state index contributed by atoms with van der Waals surface area (Å²) in [5.74, 6) is -0.634. The Balaban J connectivity index is 1.75. The molecule has 0 saturated carbocycles. The molecule has 1 aliphatic heterocycles. The highest BCUT2D eigenvalue weighted by Gasteiger charge is 2.35.